The monoisotopic (exact) mass is 532 g/mol. The number of ether oxygens (including phenoxy) is 3. The van der Waals surface area contributed by atoms with E-state index in [2.05, 4.69) is 4.99 Å². The van der Waals surface area contributed by atoms with Crippen molar-refractivity contribution in [1.82, 2.24) is 4.57 Å². The first-order valence-electron chi connectivity index (χ1n) is 11.5. The summed E-state index contributed by atoms with van der Waals surface area (Å²) in [6.07, 6.45) is 1.85. The molecule has 0 aliphatic carbocycles. The van der Waals surface area contributed by atoms with E-state index in [1.807, 2.05) is 60.0 Å². The minimum absolute atomic E-state index is 0.223. The Morgan fingerprint density at radius 3 is 2.59 bits per heavy atom. The Kier molecular flexibility index (Phi) is 7.07. The zero-order valence-electron chi connectivity index (χ0n) is 20.5. The summed E-state index contributed by atoms with van der Waals surface area (Å²) in [6, 6.07) is 18.4. The van der Waals surface area contributed by atoms with Crippen molar-refractivity contribution in [3.63, 3.8) is 0 Å². The number of thiophene rings is 1. The van der Waals surface area contributed by atoms with Crippen LogP contribution in [0.2, 0.25) is 0 Å². The van der Waals surface area contributed by atoms with Gasteiger partial charge in [-0.15, -0.1) is 11.3 Å². The van der Waals surface area contributed by atoms with Crippen LogP contribution >= 0.6 is 22.7 Å². The lowest BCUT2D eigenvalue weighted by atomic mass is 9.95. The van der Waals surface area contributed by atoms with E-state index in [9.17, 15) is 9.59 Å². The number of methoxy groups -OCH3 is 2. The summed E-state index contributed by atoms with van der Waals surface area (Å²) < 4.78 is 18.8. The van der Waals surface area contributed by atoms with Gasteiger partial charge < -0.3 is 14.2 Å². The van der Waals surface area contributed by atoms with E-state index in [1.54, 1.807) is 42.1 Å². The molecule has 3 heterocycles. The fraction of sp³-hybridized carbons (Fsp3) is 0.179. The second-order valence-electron chi connectivity index (χ2n) is 8.27. The van der Waals surface area contributed by atoms with Crippen molar-refractivity contribution in [3.05, 3.63) is 113 Å². The highest BCUT2D eigenvalue weighted by Crippen LogP contribution is 2.36. The molecule has 2 aromatic carbocycles. The predicted octanol–water partition coefficient (Wildman–Crippen LogP) is 4.06. The highest BCUT2D eigenvalue weighted by Gasteiger charge is 2.33. The number of fused-ring (bicyclic) bond motifs is 1. The van der Waals surface area contributed by atoms with E-state index in [0.717, 1.165) is 10.4 Å². The SMILES string of the molecule is COC(=O)C1=C(C)N=c2s/c(=C\c3cccs3)c(=O)n2C1c1ccc(OCc2ccccc2)c(OC)c1. The number of rotatable bonds is 7. The molecule has 0 saturated heterocycles. The normalized spacial score (nSPS) is 15.2. The van der Waals surface area contributed by atoms with Gasteiger partial charge in [-0.05, 0) is 47.7 Å². The summed E-state index contributed by atoms with van der Waals surface area (Å²) in [5.41, 5.74) is 2.29. The molecule has 1 aliphatic rings. The molecule has 2 aromatic heterocycles. The van der Waals surface area contributed by atoms with Gasteiger partial charge in [0.2, 0.25) is 0 Å². The lowest BCUT2D eigenvalue weighted by molar-refractivity contribution is -0.136. The molecule has 1 unspecified atom stereocenters. The molecule has 37 heavy (non-hydrogen) atoms. The van der Waals surface area contributed by atoms with Crippen LogP contribution in [0.5, 0.6) is 11.5 Å². The maximum absolute atomic E-state index is 13.6. The summed E-state index contributed by atoms with van der Waals surface area (Å²) in [4.78, 5) is 32.6. The van der Waals surface area contributed by atoms with Gasteiger partial charge in [-0.3, -0.25) is 9.36 Å². The van der Waals surface area contributed by atoms with Crippen molar-refractivity contribution in [1.29, 1.82) is 0 Å². The first-order chi connectivity index (χ1) is 18.0. The van der Waals surface area contributed by atoms with Gasteiger partial charge in [0.05, 0.1) is 36.1 Å². The molecular weight excluding hydrogens is 508 g/mol. The van der Waals surface area contributed by atoms with Crippen LogP contribution in [0.15, 0.2) is 87.1 Å². The van der Waals surface area contributed by atoms with Gasteiger partial charge in [0, 0.05) is 4.88 Å². The topological polar surface area (TPSA) is 79.1 Å². The maximum atomic E-state index is 13.6. The van der Waals surface area contributed by atoms with Crippen LogP contribution in [0.3, 0.4) is 0 Å². The number of hydrogen-bond donors (Lipinski definition) is 0. The molecule has 5 rings (SSSR count). The number of carbonyl (C=O) groups is 1. The number of thiazole rings is 1. The molecule has 0 amide bonds. The fourth-order valence-electron chi connectivity index (χ4n) is 4.22. The summed E-state index contributed by atoms with van der Waals surface area (Å²) in [5.74, 6) is 0.510. The standard InChI is InChI=1S/C28H24N2O5S2/c1-17-24(27(32)34-3)25(30-26(31)23(37-28(30)29-17)15-20-10-7-13-36-20)19-11-12-21(22(14-19)33-2)35-16-18-8-5-4-6-9-18/h4-15,25H,16H2,1-3H3/b23-15-. The molecule has 0 N–H and O–H groups in total. The molecular formula is C28H24N2O5S2. The highest BCUT2D eigenvalue weighted by molar-refractivity contribution is 7.11. The van der Waals surface area contributed by atoms with Gasteiger partial charge >= 0.3 is 5.97 Å². The van der Waals surface area contributed by atoms with E-state index in [-0.39, 0.29) is 5.56 Å². The molecule has 1 atom stereocenters. The van der Waals surface area contributed by atoms with Gasteiger partial charge in [-0.1, -0.05) is 53.8 Å². The van der Waals surface area contributed by atoms with Crippen molar-refractivity contribution in [3.8, 4) is 11.5 Å². The van der Waals surface area contributed by atoms with Gasteiger partial charge in [-0.2, -0.15) is 0 Å². The molecule has 7 nitrogen and oxygen atoms in total. The molecule has 188 valence electrons. The van der Waals surface area contributed by atoms with E-state index < -0.39 is 12.0 Å². The van der Waals surface area contributed by atoms with Crippen molar-refractivity contribution in [2.24, 2.45) is 4.99 Å². The molecule has 0 fully saturated rings. The molecule has 0 bridgehead atoms. The third-order valence-electron chi connectivity index (χ3n) is 5.98. The minimum Gasteiger partial charge on any atom is -0.493 e. The van der Waals surface area contributed by atoms with Gasteiger partial charge in [0.15, 0.2) is 16.3 Å². The number of aromatic nitrogens is 1. The van der Waals surface area contributed by atoms with Crippen molar-refractivity contribution in [2.45, 2.75) is 19.6 Å². The number of benzene rings is 2. The van der Waals surface area contributed by atoms with Gasteiger partial charge in [0.1, 0.15) is 6.61 Å². The van der Waals surface area contributed by atoms with Crippen LogP contribution < -0.4 is 24.4 Å². The Hall–Kier alpha value is -3.95. The van der Waals surface area contributed by atoms with Crippen LogP contribution in [0.25, 0.3) is 6.08 Å². The van der Waals surface area contributed by atoms with Gasteiger partial charge in [-0.25, -0.2) is 9.79 Å². The van der Waals surface area contributed by atoms with Crippen LogP contribution in [0.1, 0.15) is 29.0 Å². The van der Waals surface area contributed by atoms with E-state index in [1.165, 1.54) is 18.4 Å². The summed E-state index contributed by atoms with van der Waals surface area (Å²) >= 11 is 2.84. The van der Waals surface area contributed by atoms with Gasteiger partial charge in [0.25, 0.3) is 5.56 Å². The lowest BCUT2D eigenvalue weighted by Crippen LogP contribution is -2.39. The Bertz CT molecular complexity index is 1650. The highest BCUT2D eigenvalue weighted by atomic mass is 32.1. The first-order valence-corrected chi connectivity index (χ1v) is 13.2. The Morgan fingerprint density at radius 1 is 1.08 bits per heavy atom. The number of hydrogen-bond acceptors (Lipinski definition) is 8. The Morgan fingerprint density at radius 2 is 1.89 bits per heavy atom. The Labute approximate surface area is 221 Å². The second kappa shape index (κ2) is 10.6. The number of nitrogens with zero attached hydrogens (tertiary/aromatic N) is 2. The molecule has 1 aliphatic heterocycles. The predicted molar refractivity (Wildman–Crippen MR) is 144 cm³/mol. The molecule has 0 spiro atoms. The summed E-state index contributed by atoms with van der Waals surface area (Å²) in [5, 5.41) is 1.96. The van der Waals surface area contributed by atoms with Crippen LogP contribution in [0, 0.1) is 0 Å². The average Bonchev–Trinajstić information content (AvgIpc) is 3.54. The fourth-order valence-corrected chi connectivity index (χ4v) is 5.99. The largest absolute Gasteiger partial charge is 0.493 e. The molecule has 0 saturated carbocycles. The number of carbonyl (C=O) groups excluding carboxylic acids is 1. The average molecular weight is 533 g/mol. The third-order valence-corrected chi connectivity index (χ3v) is 7.79. The number of esters is 1. The third kappa shape index (κ3) is 4.87. The minimum atomic E-state index is -0.730. The molecule has 9 heteroatoms. The van der Waals surface area contributed by atoms with Crippen molar-refractivity contribution in [2.75, 3.05) is 14.2 Å². The van der Waals surface area contributed by atoms with E-state index in [0.29, 0.717) is 44.3 Å². The molecule has 0 radical (unpaired) electrons. The smallest absolute Gasteiger partial charge is 0.338 e. The first kappa shape index (κ1) is 24.7. The summed E-state index contributed by atoms with van der Waals surface area (Å²) in [7, 11) is 2.88. The molecule has 4 aromatic rings. The van der Waals surface area contributed by atoms with Crippen molar-refractivity contribution >= 4 is 34.7 Å². The zero-order chi connectivity index (χ0) is 25.9. The maximum Gasteiger partial charge on any atom is 0.338 e. The second-order valence-corrected chi connectivity index (χ2v) is 10.3. The van der Waals surface area contributed by atoms with Crippen LogP contribution in [-0.2, 0) is 16.1 Å². The number of allylic oxidation sites excluding steroid dienone is 1. The van der Waals surface area contributed by atoms with E-state index in [4.69, 9.17) is 14.2 Å². The zero-order valence-corrected chi connectivity index (χ0v) is 22.1. The lowest BCUT2D eigenvalue weighted by Gasteiger charge is -2.25. The summed E-state index contributed by atoms with van der Waals surface area (Å²) in [6.45, 7) is 2.13. The quantitative estimate of drug-likeness (QED) is 0.336. The van der Waals surface area contributed by atoms with Crippen LogP contribution in [0.4, 0.5) is 0 Å². The van der Waals surface area contributed by atoms with E-state index >= 15 is 0 Å². The van der Waals surface area contributed by atoms with Crippen molar-refractivity contribution < 1.29 is 19.0 Å². The van der Waals surface area contributed by atoms with Crippen LogP contribution in [-0.4, -0.2) is 24.8 Å². The Balaban J connectivity index is 1.61.